The largest absolute Gasteiger partial charge is 0.489 e. The average Bonchev–Trinajstić information content (AvgIpc) is 3.06. The maximum atomic E-state index is 12.3. The molecule has 0 bridgehead atoms. The quantitative estimate of drug-likeness (QED) is 0.608. The van der Waals surface area contributed by atoms with Crippen molar-refractivity contribution in [2.24, 2.45) is 0 Å². The normalized spacial score (nSPS) is 11.6. The molecule has 0 aliphatic heterocycles. The second-order valence-corrected chi connectivity index (χ2v) is 6.53. The molecule has 1 atom stereocenters. The number of anilines is 1. The van der Waals surface area contributed by atoms with Crippen LogP contribution in [0.2, 0.25) is 0 Å². The van der Waals surface area contributed by atoms with Gasteiger partial charge in [-0.15, -0.1) is 0 Å². The maximum Gasteiger partial charge on any atom is 0.344 e. The van der Waals surface area contributed by atoms with Gasteiger partial charge in [0.05, 0.1) is 5.69 Å². The lowest BCUT2D eigenvalue weighted by atomic mass is 10.2. The van der Waals surface area contributed by atoms with Gasteiger partial charge in [-0.2, -0.15) is 0 Å². The molecule has 0 aliphatic rings. The monoisotopic (exact) mass is 394 g/mol. The number of carbonyl (C=O) groups is 2. The molecule has 0 saturated carbocycles. The number of benzene rings is 2. The standard InChI is InChI=1S/C22H22N2O5/c1-14-20(15(2)29-24-14)22(26)28-16(3)21(25)23-18-9-11-19(12-10-18)27-13-17-7-5-4-6-8-17/h4-12,16H,13H2,1-3H3,(H,23,25). The molecule has 1 heterocycles. The summed E-state index contributed by atoms with van der Waals surface area (Å²) in [6, 6.07) is 16.8. The van der Waals surface area contributed by atoms with Crippen LogP contribution in [0.25, 0.3) is 0 Å². The van der Waals surface area contributed by atoms with Gasteiger partial charge in [-0.05, 0) is 50.6 Å². The molecule has 7 heteroatoms. The van der Waals surface area contributed by atoms with Crippen LogP contribution in [0.15, 0.2) is 59.1 Å². The third kappa shape index (κ3) is 5.22. The fourth-order valence-electron chi connectivity index (χ4n) is 2.67. The third-order valence-corrected chi connectivity index (χ3v) is 4.26. The van der Waals surface area contributed by atoms with Crippen molar-refractivity contribution in [2.75, 3.05) is 5.32 Å². The van der Waals surface area contributed by atoms with Crippen LogP contribution in [0, 0.1) is 13.8 Å². The van der Waals surface area contributed by atoms with Crippen molar-refractivity contribution in [1.82, 2.24) is 5.16 Å². The summed E-state index contributed by atoms with van der Waals surface area (Å²) in [5.41, 5.74) is 2.30. The van der Waals surface area contributed by atoms with E-state index in [9.17, 15) is 9.59 Å². The van der Waals surface area contributed by atoms with Crippen LogP contribution in [0.4, 0.5) is 5.69 Å². The molecule has 2 aromatic carbocycles. The zero-order chi connectivity index (χ0) is 20.8. The smallest absolute Gasteiger partial charge is 0.344 e. The first kappa shape index (κ1) is 20.1. The number of amides is 1. The Hall–Kier alpha value is -3.61. The zero-order valence-corrected chi connectivity index (χ0v) is 16.5. The fraction of sp³-hybridized carbons (Fsp3) is 0.227. The lowest BCUT2D eigenvalue weighted by molar-refractivity contribution is -0.123. The van der Waals surface area contributed by atoms with E-state index in [1.807, 2.05) is 30.3 Å². The second kappa shape index (κ2) is 9.05. The molecule has 0 radical (unpaired) electrons. The van der Waals surface area contributed by atoms with Gasteiger partial charge in [0.2, 0.25) is 0 Å². The van der Waals surface area contributed by atoms with E-state index in [0.29, 0.717) is 29.5 Å². The molecule has 0 aliphatic carbocycles. The minimum atomic E-state index is -0.981. The van der Waals surface area contributed by atoms with Gasteiger partial charge in [0.1, 0.15) is 23.7 Å². The van der Waals surface area contributed by atoms with Gasteiger partial charge in [-0.25, -0.2) is 4.79 Å². The van der Waals surface area contributed by atoms with E-state index in [2.05, 4.69) is 10.5 Å². The summed E-state index contributed by atoms with van der Waals surface area (Å²) < 4.78 is 15.9. The Morgan fingerprint density at radius 2 is 1.76 bits per heavy atom. The van der Waals surface area contributed by atoms with Gasteiger partial charge in [0, 0.05) is 5.69 Å². The van der Waals surface area contributed by atoms with Crippen LogP contribution in [0.5, 0.6) is 5.75 Å². The zero-order valence-electron chi connectivity index (χ0n) is 16.5. The topological polar surface area (TPSA) is 90.7 Å². The first-order chi connectivity index (χ1) is 13.9. The summed E-state index contributed by atoms with van der Waals surface area (Å²) in [6.07, 6.45) is -0.981. The van der Waals surface area contributed by atoms with E-state index in [0.717, 1.165) is 5.56 Å². The number of aryl methyl sites for hydroxylation is 2. The lowest BCUT2D eigenvalue weighted by Gasteiger charge is -2.14. The number of nitrogens with zero attached hydrogens (tertiary/aromatic N) is 1. The number of nitrogens with one attached hydrogen (secondary N) is 1. The van der Waals surface area contributed by atoms with E-state index in [1.165, 1.54) is 6.92 Å². The van der Waals surface area contributed by atoms with E-state index in [4.69, 9.17) is 14.0 Å². The molecule has 3 aromatic rings. The second-order valence-electron chi connectivity index (χ2n) is 6.53. The number of esters is 1. The fourth-order valence-corrected chi connectivity index (χ4v) is 2.67. The number of aromatic nitrogens is 1. The molecule has 7 nitrogen and oxygen atoms in total. The molecular weight excluding hydrogens is 372 g/mol. The summed E-state index contributed by atoms with van der Waals surface area (Å²) in [7, 11) is 0. The van der Waals surface area contributed by atoms with Crippen LogP contribution in [0.1, 0.15) is 34.3 Å². The van der Waals surface area contributed by atoms with Crippen molar-refractivity contribution in [3.05, 3.63) is 77.2 Å². The Morgan fingerprint density at radius 3 is 2.38 bits per heavy atom. The molecule has 1 amide bonds. The Morgan fingerprint density at radius 1 is 1.07 bits per heavy atom. The molecule has 29 heavy (non-hydrogen) atoms. The molecule has 1 unspecified atom stereocenters. The van der Waals surface area contributed by atoms with Crippen molar-refractivity contribution >= 4 is 17.6 Å². The van der Waals surface area contributed by atoms with Crippen LogP contribution in [0.3, 0.4) is 0 Å². The molecule has 1 aromatic heterocycles. The third-order valence-electron chi connectivity index (χ3n) is 4.26. The highest BCUT2D eigenvalue weighted by Crippen LogP contribution is 2.18. The van der Waals surface area contributed by atoms with Gasteiger partial charge < -0.3 is 19.3 Å². The van der Waals surface area contributed by atoms with Crippen molar-refractivity contribution in [3.8, 4) is 5.75 Å². The van der Waals surface area contributed by atoms with E-state index >= 15 is 0 Å². The van der Waals surface area contributed by atoms with E-state index in [1.54, 1.807) is 38.1 Å². The van der Waals surface area contributed by atoms with Crippen molar-refractivity contribution < 1.29 is 23.6 Å². The van der Waals surface area contributed by atoms with Crippen molar-refractivity contribution in [3.63, 3.8) is 0 Å². The molecular formula is C22H22N2O5. The number of hydrogen-bond acceptors (Lipinski definition) is 6. The first-order valence-electron chi connectivity index (χ1n) is 9.15. The number of hydrogen-bond donors (Lipinski definition) is 1. The molecule has 0 spiro atoms. The van der Waals surface area contributed by atoms with Crippen LogP contribution >= 0.6 is 0 Å². The van der Waals surface area contributed by atoms with Gasteiger partial charge in [0.15, 0.2) is 6.10 Å². The summed E-state index contributed by atoms with van der Waals surface area (Å²) in [5.74, 6) is -0.0486. The Kier molecular flexibility index (Phi) is 6.29. The highest BCUT2D eigenvalue weighted by atomic mass is 16.5. The minimum Gasteiger partial charge on any atom is -0.489 e. The number of carbonyl (C=O) groups excluding carboxylic acids is 2. The summed E-state index contributed by atoms with van der Waals surface area (Å²) in [6.45, 7) is 5.21. The predicted octanol–water partition coefficient (Wildman–Crippen LogP) is 4.05. The minimum absolute atomic E-state index is 0.240. The van der Waals surface area contributed by atoms with Gasteiger partial charge in [0.25, 0.3) is 5.91 Å². The SMILES string of the molecule is Cc1noc(C)c1C(=O)OC(C)C(=O)Nc1ccc(OCc2ccccc2)cc1. The highest BCUT2D eigenvalue weighted by molar-refractivity contribution is 5.98. The molecule has 0 fully saturated rings. The molecule has 3 rings (SSSR count). The van der Waals surface area contributed by atoms with Gasteiger partial charge >= 0.3 is 5.97 Å². The van der Waals surface area contributed by atoms with Crippen LogP contribution < -0.4 is 10.1 Å². The summed E-state index contributed by atoms with van der Waals surface area (Å²) >= 11 is 0. The molecule has 0 saturated heterocycles. The first-order valence-corrected chi connectivity index (χ1v) is 9.15. The number of rotatable bonds is 7. The predicted molar refractivity (Wildman–Crippen MR) is 107 cm³/mol. The summed E-state index contributed by atoms with van der Waals surface area (Å²) in [4.78, 5) is 24.6. The van der Waals surface area contributed by atoms with E-state index < -0.39 is 18.0 Å². The average molecular weight is 394 g/mol. The van der Waals surface area contributed by atoms with Gasteiger partial charge in [-0.3, -0.25) is 4.79 Å². The van der Waals surface area contributed by atoms with Crippen LogP contribution in [-0.2, 0) is 16.1 Å². The highest BCUT2D eigenvalue weighted by Gasteiger charge is 2.24. The van der Waals surface area contributed by atoms with Crippen LogP contribution in [-0.4, -0.2) is 23.1 Å². The molecule has 1 N–H and O–H groups in total. The Balaban J connectivity index is 1.52. The Labute approximate surface area is 168 Å². The van der Waals surface area contributed by atoms with Crippen molar-refractivity contribution in [2.45, 2.75) is 33.5 Å². The maximum absolute atomic E-state index is 12.3. The number of ether oxygens (including phenoxy) is 2. The molecule has 150 valence electrons. The summed E-state index contributed by atoms with van der Waals surface area (Å²) in [5, 5.41) is 6.42. The van der Waals surface area contributed by atoms with E-state index in [-0.39, 0.29) is 5.56 Å². The van der Waals surface area contributed by atoms with Crippen molar-refractivity contribution in [1.29, 1.82) is 0 Å². The lowest BCUT2D eigenvalue weighted by Crippen LogP contribution is -2.30. The Bertz CT molecular complexity index is 961. The van der Waals surface area contributed by atoms with Gasteiger partial charge in [-0.1, -0.05) is 35.5 Å².